The van der Waals surface area contributed by atoms with Gasteiger partial charge in [-0.1, -0.05) is 13.8 Å². The number of hydrogen-bond acceptors (Lipinski definition) is 4. The van der Waals surface area contributed by atoms with Crippen LogP contribution in [-0.4, -0.2) is 13.1 Å². The fourth-order valence-electron chi connectivity index (χ4n) is 2.81. The van der Waals surface area contributed by atoms with Crippen LogP contribution >= 0.6 is 11.3 Å². The Balaban J connectivity index is 1.99. The fourth-order valence-corrected chi connectivity index (χ4v) is 3.94. The maximum Gasteiger partial charge on any atom is 0.130 e. The minimum atomic E-state index is 0.381. The zero-order valence-electron chi connectivity index (χ0n) is 11.0. The minimum Gasteiger partial charge on any atom is -0.397 e. The lowest BCUT2D eigenvalue weighted by Crippen LogP contribution is -2.22. The van der Waals surface area contributed by atoms with E-state index in [-0.39, 0.29) is 0 Å². The van der Waals surface area contributed by atoms with Gasteiger partial charge in [0.2, 0.25) is 0 Å². The van der Waals surface area contributed by atoms with Crippen molar-refractivity contribution in [1.82, 2.24) is 0 Å². The van der Waals surface area contributed by atoms with E-state index in [1.807, 2.05) is 0 Å². The Bertz CT molecular complexity index is 520. The average molecular weight is 261 g/mol. The standard InChI is InChI=1S/C14H19N3S/c1-14(2)5-6-17(8-14)13-11(9-3-4-9)12(16)10(7-15)18-13/h9H,3-6,8,16H2,1-2H3. The molecule has 2 fully saturated rings. The lowest BCUT2D eigenvalue weighted by molar-refractivity contribution is 0.419. The normalized spacial score (nSPS) is 22.2. The highest BCUT2D eigenvalue weighted by Crippen LogP contribution is 2.53. The van der Waals surface area contributed by atoms with Crippen LogP contribution in [0.4, 0.5) is 10.7 Å². The quantitative estimate of drug-likeness (QED) is 0.888. The third-order valence-corrected chi connectivity index (χ3v) is 5.20. The highest BCUT2D eigenvalue weighted by Gasteiger charge is 2.37. The van der Waals surface area contributed by atoms with E-state index in [0.717, 1.165) is 18.8 Å². The topological polar surface area (TPSA) is 53.0 Å². The molecule has 96 valence electrons. The number of anilines is 2. The third kappa shape index (κ3) is 1.87. The second-order valence-corrected chi connectivity index (χ2v) is 7.28. The van der Waals surface area contributed by atoms with Crippen LogP contribution in [0.5, 0.6) is 0 Å². The summed E-state index contributed by atoms with van der Waals surface area (Å²) >= 11 is 1.59. The number of nitriles is 1. The Morgan fingerprint density at radius 1 is 1.44 bits per heavy atom. The predicted octanol–water partition coefficient (Wildman–Crippen LogP) is 3.32. The summed E-state index contributed by atoms with van der Waals surface area (Å²) in [6.45, 7) is 6.80. The van der Waals surface area contributed by atoms with Gasteiger partial charge in [-0.15, -0.1) is 11.3 Å². The molecule has 2 aliphatic rings. The summed E-state index contributed by atoms with van der Waals surface area (Å²) in [7, 11) is 0. The SMILES string of the molecule is CC1(C)CCN(c2sc(C#N)c(N)c2C2CC2)C1. The summed E-state index contributed by atoms with van der Waals surface area (Å²) < 4.78 is 0. The molecule has 1 saturated heterocycles. The summed E-state index contributed by atoms with van der Waals surface area (Å²) in [4.78, 5) is 3.15. The van der Waals surface area contributed by atoms with Gasteiger partial charge in [0.1, 0.15) is 10.9 Å². The van der Waals surface area contributed by atoms with Crippen molar-refractivity contribution in [1.29, 1.82) is 5.26 Å². The summed E-state index contributed by atoms with van der Waals surface area (Å²) in [5.41, 5.74) is 8.56. The fraction of sp³-hybridized carbons (Fsp3) is 0.643. The Morgan fingerprint density at radius 3 is 2.67 bits per heavy atom. The Labute approximate surface area is 112 Å². The number of hydrogen-bond donors (Lipinski definition) is 1. The van der Waals surface area contributed by atoms with E-state index in [0.29, 0.717) is 16.2 Å². The molecule has 0 aromatic carbocycles. The number of nitrogens with zero attached hydrogens (tertiary/aromatic N) is 2. The molecular weight excluding hydrogens is 242 g/mol. The summed E-state index contributed by atoms with van der Waals surface area (Å²) in [6.07, 6.45) is 3.68. The molecule has 3 rings (SSSR count). The summed E-state index contributed by atoms with van der Waals surface area (Å²) in [6, 6.07) is 2.25. The second kappa shape index (κ2) is 3.89. The van der Waals surface area contributed by atoms with E-state index in [4.69, 9.17) is 11.0 Å². The van der Waals surface area contributed by atoms with Gasteiger partial charge in [0, 0.05) is 18.7 Å². The van der Waals surface area contributed by atoms with Crippen LogP contribution in [0.2, 0.25) is 0 Å². The molecule has 4 heteroatoms. The minimum absolute atomic E-state index is 0.381. The Morgan fingerprint density at radius 2 is 2.17 bits per heavy atom. The first kappa shape index (κ1) is 11.9. The number of rotatable bonds is 2. The maximum absolute atomic E-state index is 9.17. The molecule has 2 N–H and O–H groups in total. The van der Waals surface area contributed by atoms with Crippen molar-refractivity contribution in [2.75, 3.05) is 23.7 Å². The molecule has 0 bridgehead atoms. The van der Waals surface area contributed by atoms with Gasteiger partial charge in [0.15, 0.2) is 0 Å². The predicted molar refractivity (Wildman–Crippen MR) is 76.0 cm³/mol. The van der Waals surface area contributed by atoms with E-state index >= 15 is 0 Å². The van der Waals surface area contributed by atoms with E-state index in [9.17, 15) is 0 Å². The van der Waals surface area contributed by atoms with Crippen molar-refractivity contribution in [2.24, 2.45) is 5.41 Å². The van der Waals surface area contributed by atoms with Crippen molar-refractivity contribution in [3.8, 4) is 6.07 Å². The molecule has 0 radical (unpaired) electrons. The molecule has 3 nitrogen and oxygen atoms in total. The largest absolute Gasteiger partial charge is 0.397 e. The summed E-state index contributed by atoms with van der Waals surface area (Å²) in [5, 5.41) is 10.4. The lowest BCUT2D eigenvalue weighted by atomic mass is 9.93. The van der Waals surface area contributed by atoms with Crippen molar-refractivity contribution in [3.63, 3.8) is 0 Å². The molecule has 0 atom stereocenters. The van der Waals surface area contributed by atoms with Crippen LogP contribution in [-0.2, 0) is 0 Å². The van der Waals surface area contributed by atoms with Gasteiger partial charge >= 0.3 is 0 Å². The highest BCUT2D eigenvalue weighted by molar-refractivity contribution is 7.17. The van der Waals surface area contributed by atoms with E-state index in [2.05, 4.69) is 24.8 Å². The molecule has 1 saturated carbocycles. The first-order chi connectivity index (χ1) is 8.52. The molecule has 0 unspecified atom stereocenters. The smallest absolute Gasteiger partial charge is 0.130 e. The van der Waals surface area contributed by atoms with Crippen molar-refractivity contribution >= 4 is 22.0 Å². The molecular formula is C14H19N3S. The van der Waals surface area contributed by atoms with Gasteiger partial charge in [0.25, 0.3) is 0 Å². The highest BCUT2D eigenvalue weighted by atomic mass is 32.1. The first-order valence-corrected chi connectivity index (χ1v) is 7.41. The zero-order chi connectivity index (χ0) is 12.9. The van der Waals surface area contributed by atoms with Crippen LogP contribution < -0.4 is 10.6 Å². The van der Waals surface area contributed by atoms with Crippen molar-refractivity contribution < 1.29 is 0 Å². The Hall–Kier alpha value is -1.21. The molecule has 0 amide bonds. The number of thiophene rings is 1. The monoisotopic (exact) mass is 261 g/mol. The maximum atomic E-state index is 9.17. The van der Waals surface area contributed by atoms with Crippen LogP contribution in [0.1, 0.15) is 49.5 Å². The van der Waals surface area contributed by atoms with Crippen molar-refractivity contribution in [3.05, 3.63) is 10.4 Å². The second-order valence-electron chi connectivity index (χ2n) is 6.29. The van der Waals surface area contributed by atoms with E-state index in [1.54, 1.807) is 11.3 Å². The van der Waals surface area contributed by atoms with Gasteiger partial charge in [-0.2, -0.15) is 5.26 Å². The van der Waals surface area contributed by atoms with Crippen LogP contribution in [0.25, 0.3) is 0 Å². The van der Waals surface area contributed by atoms with Gasteiger partial charge in [-0.05, 0) is 30.6 Å². The van der Waals surface area contributed by atoms with Crippen LogP contribution in [0, 0.1) is 16.7 Å². The molecule has 18 heavy (non-hydrogen) atoms. The van der Waals surface area contributed by atoms with E-state index < -0.39 is 0 Å². The first-order valence-electron chi connectivity index (χ1n) is 6.59. The van der Waals surface area contributed by atoms with Gasteiger partial charge in [-0.3, -0.25) is 0 Å². The van der Waals surface area contributed by atoms with Crippen molar-refractivity contribution in [2.45, 2.75) is 39.0 Å². The molecule has 1 aromatic rings. The third-order valence-electron chi connectivity index (χ3n) is 4.02. The average Bonchev–Trinajstić information content (AvgIpc) is 3.00. The molecule has 2 heterocycles. The Kier molecular flexibility index (Phi) is 2.56. The number of nitrogen functional groups attached to an aromatic ring is 1. The molecule has 0 spiro atoms. The molecule has 1 aliphatic carbocycles. The van der Waals surface area contributed by atoms with Gasteiger partial charge in [0.05, 0.1) is 10.7 Å². The van der Waals surface area contributed by atoms with Gasteiger partial charge < -0.3 is 10.6 Å². The lowest BCUT2D eigenvalue weighted by Gasteiger charge is -2.21. The zero-order valence-corrected chi connectivity index (χ0v) is 11.8. The van der Waals surface area contributed by atoms with Gasteiger partial charge in [-0.25, -0.2) is 0 Å². The molecule has 1 aliphatic heterocycles. The van der Waals surface area contributed by atoms with Crippen LogP contribution in [0.3, 0.4) is 0 Å². The number of nitrogens with two attached hydrogens (primary N) is 1. The molecule has 1 aromatic heterocycles. The van der Waals surface area contributed by atoms with E-state index in [1.165, 1.54) is 29.8 Å². The summed E-state index contributed by atoms with van der Waals surface area (Å²) in [5.74, 6) is 0.613. The van der Waals surface area contributed by atoms with Crippen LogP contribution in [0.15, 0.2) is 0 Å².